The Labute approximate surface area is 146 Å². The average molecular weight is 343 g/mol. The minimum atomic E-state index is -0.0629. The van der Waals surface area contributed by atoms with Gasteiger partial charge in [-0.05, 0) is 49.7 Å². The summed E-state index contributed by atoms with van der Waals surface area (Å²) in [5, 5.41) is 27.2. The van der Waals surface area contributed by atoms with Crippen LogP contribution in [-0.2, 0) is 6.42 Å². The van der Waals surface area contributed by atoms with Crippen LogP contribution in [-0.4, -0.2) is 25.0 Å². The first-order chi connectivity index (χ1) is 11.4. The highest BCUT2D eigenvalue weighted by Gasteiger charge is 2.18. The molecule has 0 aliphatic heterocycles. The lowest BCUT2D eigenvalue weighted by Gasteiger charge is -2.13. The molecular formula is C18H21N3O2S. The summed E-state index contributed by atoms with van der Waals surface area (Å²) in [6.45, 7) is 9.78. The predicted octanol–water partition coefficient (Wildman–Crippen LogP) is 4.57. The van der Waals surface area contributed by atoms with Crippen molar-refractivity contribution >= 4 is 17.9 Å². The van der Waals surface area contributed by atoms with Gasteiger partial charge in [0.15, 0.2) is 10.6 Å². The summed E-state index contributed by atoms with van der Waals surface area (Å²) in [4.78, 5) is 0. The van der Waals surface area contributed by atoms with Gasteiger partial charge in [0.1, 0.15) is 11.5 Å². The lowest BCUT2D eigenvalue weighted by atomic mass is 10.1. The van der Waals surface area contributed by atoms with Gasteiger partial charge in [0.2, 0.25) is 0 Å². The topological polar surface area (TPSA) is 74.1 Å². The molecule has 5 nitrogen and oxygen atoms in total. The van der Waals surface area contributed by atoms with Crippen LogP contribution < -0.4 is 0 Å². The molecule has 0 amide bonds. The lowest BCUT2D eigenvalue weighted by molar-refractivity contribution is 0.447. The molecule has 0 aliphatic carbocycles. The van der Waals surface area contributed by atoms with Crippen LogP contribution in [0.25, 0.3) is 17.1 Å². The normalized spacial score (nSPS) is 12.0. The van der Waals surface area contributed by atoms with Gasteiger partial charge < -0.3 is 10.2 Å². The first kappa shape index (κ1) is 17.7. The highest BCUT2D eigenvalue weighted by molar-refractivity contribution is 7.71. The van der Waals surface area contributed by atoms with Gasteiger partial charge in [-0.2, -0.15) is 5.10 Å². The Kier molecular flexibility index (Phi) is 5.41. The van der Waals surface area contributed by atoms with Gasteiger partial charge in [-0.1, -0.05) is 31.7 Å². The number of phenolic OH excluding ortho intramolecular Hbond substituents is 2. The molecule has 0 unspecified atom stereocenters. The van der Waals surface area contributed by atoms with Crippen molar-refractivity contribution in [3.63, 3.8) is 0 Å². The molecular weight excluding hydrogens is 322 g/mol. The van der Waals surface area contributed by atoms with Crippen molar-refractivity contribution in [3.05, 3.63) is 52.8 Å². The first-order valence-corrected chi connectivity index (χ1v) is 8.06. The number of allylic oxidation sites excluding steroid dienone is 5. The van der Waals surface area contributed by atoms with E-state index in [1.807, 2.05) is 39.0 Å². The summed E-state index contributed by atoms with van der Waals surface area (Å²) < 4.78 is 2.12. The Morgan fingerprint density at radius 1 is 1.33 bits per heavy atom. The molecule has 0 saturated heterocycles. The summed E-state index contributed by atoms with van der Waals surface area (Å²) >= 11 is 5.36. The maximum absolute atomic E-state index is 10.3. The van der Waals surface area contributed by atoms with Crippen LogP contribution in [0.15, 0.2) is 42.5 Å². The number of nitrogens with one attached hydrogen (secondary N) is 1. The minimum Gasteiger partial charge on any atom is -0.508 e. The van der Waals surface area contributed by atoms with Gasteiger partial charge in [-0.15, -0.1) is 0 Å². The SMILES string of the molecule is C=C(/C=C\C)/C(=C\C)n1c(-c2cc(CC)c(O)cc2O)n[nH]c1=S. The summed E-state index contributed by atoms with van der Waals surface area (Å²) in [5.41, 5.74) is 2.75. The maximum Gasteiger partial charge on any atom is 0.200 e. The van der Waals surface area contributed by atoms with Crippen LogP contribution in [0.3, 0.4) is 0 Å². The summed E-state index contributed by atoms with van der Waals surface area (Å²) in [6, 6.07) is 3.05. The second kappa shape index (κ2) is 7.31. The Bertz CT molecular complexity index is 888. The fourth-order valence-electron chi connectivity index (χ4n) is 2.53. The van der Waals surface area contributed by atoms with E-state index in [0.29, 0.717) is 22.6 Å². The Morgan fingerprint density at radius 2 is 2.04 bits per heavy atom. The number of H-pyrrole nitrogens is 1. The van der Waals surface area contributed by atoms with Gasteiger partial charge in [-0.3, -0.25) is 9.67 Å². The zero-order valence-corrected chi connectivity index (χ0v) is 14.8. The molecule has 126 valence electrons. The van der Waals surface area contributed by atoms with E-state index in [1.54, 1.807) is 10.6 Å². The number of aromatic hydroxyl groups is 2. The van der Waals surface area contributed by atoms with Crippen LogP contribution in [0.2, 0.25) is 0 Å². The number of hydrogen-bond donors (Lipinski definition) is 3. The molecule has 24 heavy (non-hydrogen) atoms. The summed E-state index contributed by atoms with van der Waals surface area (Å²) in [6.07, 6.45) is 6.28. The van der Waals surface area contributed by atoms with Crippen molar-refractivity contribution in [2.24, 2.45) is 0 Å². The van der Waals surface area contributed by atoms with Gasteiger partial charge >= 0.3 is 0 Å². The van der Waals surface area contributed by atoms with Gasteiger partial charge in [0, 0.05) is 6.07 Å². The van der Waals surface area contributed by atoms with E-state index in [4.69, 9.17) is 12.2 Å². The fraction of sp³-hybridized carbons (Fsp3) is 0.222. The number of aromatic nitrogens is 3. The monoisotopic (exact) mass is 343 g/mol. The van der Waals surface area contributed by atoms with Crippen molar-refractivity contribution in [2.45, 2.75) is 27.2 Å². The summed E-state index contributed by atoms with van der Waals surface area (Å²) in [7, 11) is 0. The minimum absolute atomic E-state index is 0.0593. The Morgan fingerprint density at radius 3 is 2.62 bits per heavy atom. The quantitative estimate of drug-likeness (QED) is 0.549. The number of aromatic amines is 1. The van der Waals surface area contributed by atoms with Crippen LogP contribution in [0.5, 0.6) is 11.5 Å². The standard InChI is InChI=1S/C18H21N3O2S/c1-5-8-11(4)14(7-3)21-17(19-20-18(21)24)13-9-12(6-2)15(22)10-16(13)23/h5,7-10,22-23H,4,6H2,1-3H3,(H,20,24)/b8-5-,14-7+. The highest BCUT2D eigenvalue weighted by atomic mass is 32.1. The molecule has 0 aliphatic rings. The van der Waals surface area contributed by atoms with E-state index in [0.717, 1.165) is 16.8 Å². The number of nitrogens with zero attached hydrogens (tertiary/aromatic N) is 2. The van der Waals surface area contributed by atoms with Crippen molar-refractivity contribution < 1.29 is 10.2 Å². The van der Waals surface area contributed by atoms with E-state index >= 15 is 0 Å². The van der Waals surface area contributed by atoms with Crippen molar-refractivity contribution in [2.75, 3.05) is 0 Å². The van der Waals surface area contributed by atoms with Crippen molar-refractivity contribution in [3.8, 4) is 22.9 Å². The molecule has 2 aromatic rings. The third-order valence-electron chi connectivity index (χ3n) is 3.70. The van der Waals surface area contributed by atoms with E-state index in [1.165, 1.54) is 6.07 Å². The highest BCUT2D eigenvalue weighted by Crippen LogP contribution is 2.35. The maximum atomic E-state index is 10.3. The van der Waals surface area contributed by atoms with Gasteiger partial charge in [0.05, 0.1) is 11.3 Å². The number of benzene rings is 1. The lowest BCUT2D eigenvalue weighted by Crippen LogP contribution is -2.02. The average Bonchev–Trinajstić information content (AvgIpc) is 2.90. The van der Waals surface area contributed by atoms with E-state index in [2.05, 4.69) is 16.8 Å². The smallest absolute Gasteiger partial charge is 0.200 e. The van der Waals surface area contributed by atoms with E-state index < -0.39 is 0 Å². The largest absolute Gasteiger partial charge is 0.508 e. The molecule has 0 fully saturated rings. The second-order valence-electron chi connectivity index (χ2n) is 5.24. The summed E-state index contributed by atoms with van der Waals surface area (Å²) in [5.74, 6) is 0.460. The predicted molar refractivity (Wildman–Crippen MR) is 99.5 cm³/mol. The zero-order valence-electron chi connectivity index (χ0n) is 14.0. The molecule has 0 spiro atoms. The molecule has 0 radical (unpaired) electrons. The fourth-order valence-corrected chi connectivity index (χ4v) is 2.76. The Hall–Kier alpha value is -2.60. The third kappa shape index (κ3) is 3.19. The molecule has 1 heterocycles. The number of phenols is 2. The van der Waals surface area contributed by atoms with Crippen molar-refractivity contribution in [1.29, 1.82) is 0 Å². The molecule has 1 aromatic carbocycles. The molecule has 0 bridgehead atoms. The van der Waals surface area contributed by atoms with Crippen LogP contribution in [0.1, 0.15) is 26.3 Å². The molecule has 6 heteroatoms. The Balaban J connectivity index is 2.72. The molecule has 3 N–H and O–H groups in total. The van der Waals surface area contributed by atoms with Crippen LogP contribution in [0, 0.1) is 4.77 Å². The van der Waals surface area contributed by atoms with Crippen molar-refractivity contribution in [1.82, 2.24) is 14.8 Å². The third-order valence-corrected chi connectivity index (χ3v) is 3.98. The van der Waals surface area contributed by atoms with Crippen LogP contribution >= 0.6 is 12.2 Å². The number of rotatable bonds is 5. The molecule has 0 atom stereocenters. The van der Waals surface area contributed by atoms with Gasteiger partial charge in [0.25, 0.3) is 0 Å². The van der Waals surface area contributed by atoms with E-state index in [-0.39, 0.29) is 11.5 Å². The molecule has 2 rings (SSSR count). The number of aryl methyl sites for hydroxylation is 1. The zero-order chi connectivity index (χ0) is 17.9. The second-order valence-corrected chi connectivity index (χ2v) is 5.63. The van der Waals surface area contributed by atoms with E-state index in [9.17, 15) is 10.2 Å². The molecule has 0 saturated carbocycles. The molecule has 1 aromatic heterocycles. The first-order valence-electron chi connectivity index (χ1n) is 7.65. The van der Waals surface area contributed by atoms with Crippen LogP contribution in [0.4, 0.5) is 0 Å². The number of hydrogen-bond acceptors (Lipinski definition) is 4. The van der Waals surface area contributed by atoms with Gasteiger partial charge in [-0.25, -0.2) is 0 Å².